The summed E-state index contributed by atoms with van der Waals surface area (Å²) in [5.41, 5.74) is 0.356. The molecule has 1 aromatic heterocycles. The Labute approximate surface area is 147 Å². The van der Waals surface area contributed by atoms with Crippen LogP contribution in [0.5, 0.6) is 0 Å². The molecule has 0 spiro atoms. The number of H-pyrrole nitrogens is 1. The Morgan fingerprint density at radius 1 is 1.16 bits per heavy atom. The molecular formula is C20H24N2O3. The molecule has 1 saturated heterocycles. The summed E-state index contributed by atoms with van der Waals surface area (Å²) in [6, 6.07) is 7.51. The second kappa shape index (κ2) is 5.28. The van der Waals surface area contributed by atoms with Crippen molar-refractivity contribution in [3.63, 3.8) is 0 Å². The van der Waals surface area contributed by atoms with Crippen LogP contribution in [0.2, 0.25) is 0 Å². The maximum absolute atomic E-state index is 13.4. The van der Waals surface area contributed by atoms with Gasteiger partial charge in [0.05, 0.1) is 5.41 Å². The number of aromatic nitrogens is 1. The molecule has 0 radical (unpaired) electrons. The van der Waals surface area contributed by atoms with Gasteiger partial charge in [0.2, 0.25) is 11.8 Å². The van der Waals surface area contributed by atoms with Crippen LogP contribution in [0, 0.1) is 18.3 Å². The topological polar surface area (TPSA) is 70.2 Å². The number of nitrogens with one attached hydrogen (secondary N) is 1. The summed E-state index contributed by atoms with van der Waals surface area (Å²) in [5, 5.41) is 0.787. The first kappa shape index (κ1) is 17.4. The normalized spacial score (nSPS) is 20.6. The second-order valence-corrected chi connectivity index (χ2v) is 8.34. The van der Waals surface area contributed by atoms with Crippen LogP contribution in [0.1, 0.15) is 50.7 Å². The first-order valence-electron chi connectivity index (χ1n) is 8.48. The summed E-state index contributed by atoms with van der Waals surface area (Å²) >= 11 is 0. The molecule has 2 aromatic rings. The third-order valence-electron chi connectivity index (χ3n) is 5.02. The van der Waals surface area contributed by atoms with Crippen molar-refractivity contribution in [1.82, 2.24) is 9.88 Å². The fourth-order valence-corrected chi connectivity index (χ4v) is 3.76. The van der Waals surface area contributed by atoms with E-state index in [1.54, 1.807) is 13.8 Å². The number of benzene rings is 1. The van der Waals surface area contributed by atoms with Crippen molar-refractivity contribution >= 4 is 28.5 Å². The van der Waals surface area contributed by atoms with E-state index in [1.807, 2.05) is 52.0 Å². The van der Waals surface area contributed by atoms with Crippen LogP contribution in [-0.4, -0.2) is 33.0 Å². The smallest absolute Gasteiger partial charge is 0.241 e. The number of likely N-dealkylation sites (tertiary alicyclic amines) is 1. The molecule has 2 heterocycles. The van der Waals surface area contributed by atoms with Gasteiger partial charge in [-0.2, -0.15) is 0 Å². The van der Waals surface area contributed by atoms with Gasteiger partial charge in [0.15, 0.2) is 5.78 Å². The number of aromatic amines is 1. The summed E-state index contributed by atoms with van der Waals surface area (Å²) in [5.74, 6) is -1.99. The highest BCUT2D eigenvalue weighted by Crippen LogP contribution is 2.43. The van der Waals surface area contributed by atoms with Crippen molar-refractivity contribution in [2.45, 2.75) is 47.1 Å². The van der Waals surface area contributed by atoms with Gasteiger partial charge in [0.1, 0.15) is 5.92 Å². The van der Waals surface area contributed by atoms with Crippen LogP contribution in [0.25, 0.3) is 10.9 Å². The van der Waals surface area contributed by atoms with Gasteiger partial charge in [-0.1, -0.05) is 18.2 Å². The van der Waals surface area contributed by atoms with Crippen molar-refractivity contribution in [2.24, 2.45) is 11.3 Å². The van der Waals surface area contributed by atoms with Crippen LogP contribution in [-0.2, 0) is 9.59 Å². The molecule has 1 aliphatic heterocycles. The Kier molecular flexibility index (Phi) is 3.67. The van der Waals surface area contributed by atoms with Crippen molar-refractivity contribution in [1.29, 1.82) is 0 Å². The lowest BCUT2D eigenvalue weighted by atomic mass is 9.76. The third-order valence-corrected chi connectivity index (χ3v) is 5.02. The number of imide groups is 1. The van der Waals surface area contributed by atoms with Gasteiger partial charge in [-0.25, -0.2) is 0 Å². The summed E-state index contributed by atoms with van der Waals surface area (Å²) in [4.78, 5) is 43.7. The average Bonchev–Trinajstić information content (AvgIpc) is 2.89. The Bertz CT molecular complexity index is 899. The number of para-hydroxylation sites is 1. The molecule has 132 valence electrons. The molecule has 1 aliphatic rings. The van der Waals surface area contributed by atoms with E-state index >= 15 is 0 Å². The van der Waals surface area contributed by atoms with Gasteiger partial charge in [0, 0.05) is 27.7 Å². The molecule has 1 unspecified atom stereocenters. The van der Waals surface area contributed by atoms with Crippen LogP contribution in [0.3, 0.4) is 0 Å². The second-order valence-electron chi connectivity index (χ2n) is 8.34. The molecule has 3 rings (SSSR count). The first-order valence-corrected chi connectivity index (χ1v) is 8.48. The molecule has 1 atom stereocenters. The minimum atomic E-state index is -1.06. The Balaban J connectivity index is 2.14. The fourth-order valence-electron chi connectivity index (χ4n) is 3.76. The van der Waals surface area contributed by atoms with E-state index in [0.29, 0.717) is 5.56 Å². The number of rotatable bonds is 2. The number of hydrogen-bond donors (Lipinski definition) is 1. The number of nitrogens with zero attached hydrogens (tertiary/aromatic N) is 1. The largest absolute Gasteiger partial charge is 0.358 e. The summed E-state index contributed by atoms with van der Waals surface area (Å²) in [6.45, 7) is 10.6. The zero-order valence-corrected chi connectivity index (χ0v) is 15.6. The zero-order valence-electron chi connectivity index (χ0n) is 15.6. The quantitative estimate of drug-likeness (QED) is 0.517. The maximum atomic E-state index is 13.4. The van der Waals surface area contributed by atoms with Crippen LogP contribution >= 0.6 is 0 Å². The van der Waals surface area contributed by atoms with Gasteiger partial charge < -0.3 is 4.98 Å². The lowest BCUT2D eigenvalue weighted by Gasteiger charge is -2.30. The minimum absolute atomic E-state index is 0.287. The summed E-state index contributed by atoms with van der Waals surface area (Å²) in [7, 11) is 0. The lowest BCUT2D eigenvalue weighted by Crippen LogP contribution is -2.46. The molecule has 5 heteroatoms. The number of aryl methyl sites for hydroxylation is 1. The Morgan fingerprint density at radius 3 is 2.32 bits per heavy atom. The molecule has 5 nitrogen and oxygen atoms in total. The standard InChI is InChI=1S/C20H24N2O3/c1-11-14(12-9-7-8-10-13(12)21-11)16(23)15-17(24)22(19(2,3)4)18(25)20(15,5)6/h7-10,15,21H,1-6H3. The highest BCUT2D eigenvalue weighted by molar-refractivity contribution is 6.24. The van der Waals surface area contributed by atoms with E-state index in [1.165, 1.54) is 4.90 Å². The molecule has 1 aromatic carbocycles. The Hall–Kier alpha value is -2.43. The third kappa shape index (κ3) is 2.41. The van der Waals surface area contributed by atoms with Crippen LogP contribution < -0.4 is 0 Å². The Morgan fingerprint density at radius 2 is 1.76 bits per heavy atom. The number of Topliss-reactive ketones (excluding diaryl/α,β-unsaturated/α-hetero) is 1. The number of amides is 2. The predicted molar refractivity (Wildman–Crippen MR) is 96.2 cm³/mol. The van der Waals surface area contributed by atoms with Gasteiger partial charge in [-0.15, -0.1) is 0 Å². The maximum Gasteiger partial charge on any atom is 0.241 e. The lowest BCUT2D eigenvalue weighted by molar-refractivity contribution is -0.146. The average molecular weight is 340 g/mol. The van der Waals surface area contributed by atoms with Crippen LogP contribution in [0.15, 0.2) is 24.3 Å². The monoisotopic (exact) mass is 340 g/mol. The van der Waals surface area contributed by atoms with E-state index in [9.17, 15) is 14.4 Å². The number of hydrogen-bond acceptors (Lipinski definition) is 3. The van der Waals surface area contributed by atoms with Gasteiger partial charge >= 0.3 is 0 Å². The molecule has 25 heavy (non-hydrogen) atoms. The minimum Gasteiger partial charge on any atom is -0.358 e. The fraction of sp³-hybridized carbons (Fsp3) is 0.450. The van der Waals surface area contributed by atoms with Gasteiger partial charge in [-0.3, -0.25) is 19.3 Å². The molecular weight excluding hydrogens is 316 g/mol. The van der Waals surface area contributed by atoms with E-state index in [0.717, 1.165) is 16.6 Å². The van der Waals surface area contributed by atoms with Crippen molar-refractivity contribution in [3.05, 3.63) is 35.5 Å². The van der Waals surface area contributed by atoms with Crippen molar-refractivity contribution < 1.29 is 14.4 Å². The van der Waals surface area contributed by atoms with Gasteiger partial charge in [-0.05, 0) is 47.6 Å². The highest BCUT2D eigenvalue weighted by atomic mass is 16.2. The molecule has 0 aliphatic carbocycles. The number of fused-ring (bicyclic) bond motifs is 1. The first-order chi connectivity index (χ1) is 11.5. The van der Waals surface area contributed by atoms with E-state index in [4.69, 9.17) is 0 Å². The number of carbonyl (C=O) groups is 3. The van der Waals surface area contributed by atoms with Crippen LogP contribution in [0.4, 0.5) is 0 Å². The molecule has 1 N–H and O–H groups in total. The molecule has 0 saturated carbocycles. The summed E-state index contributed by atoms with van der Waals surface area (Å²) in [6.07, 6.45) is 0. The highest BCUT2D eigenvalue weighted by Gasteiger charge is 2.59. The van der Waals surface area contributed by atoms with E-state index in [-0.39, 0.29) is 11.7 Å². The van der Waals surface area contributed by atoms with Gasteiger partial charge in [0.25, 0.3) is 0 Å². The molecule has 1 fully saturated rings. The molecule has 0 bridgehead atoms. The predicted octanol–water partition coefficient (Wildman–Crippen LogP) is 3.47. The van der Waals surface area contributed by atoms with E-state index in [2.05, 4.69) is 4.98 Å². The number of ketones is 1. The number of carbonyl (C=O) groups excluding carboxylic acids is 3. The zero-order chi connectivity index (χ0) is 18.7. The van der Waals surface area contributed by atoms with Crippen molar-refractivity contribution in [2.75, 3.05) is 0 Å². The molecule has 2 amide bonds. The van der Waals surface area contributed by atoms with Crippen molar-refractivity contribution in [3.8, 4) is 0 Å². The summed E-state index contributed by atoms with van der Waals surface area (Å²) < 4.78 is 0. The SMILES string of the molecule is Cc1[nH]c2ccccc2c1C(=O)C1C(=O)N(C(C)(C)C)C(=O)C1(C)C. The van der Waals surface area contributed by atoms with E-state index < -0.39 is 22.8 Å².